The van der Waals surface area contributed by atoms with Crippen LogP contribution in [0.2, 0.25) is 0 Å². The molecule has 2 rings (SSSR count). The molecule has 5 heteroatoms. The molecule has 0 saturated heterocycles. The number of nitrogens with zero attached hydrogens (tertiary/aromatic N) is 2. The van der Waals surface area contributed by atoms with E-state index in [1.54, 1.807) is 18.3 Å². The molecule has 0 fully saturated rings. The van der Waals surface area contributed by atoms with Crippen LogP contribution in [0.1, 0.15) is 30.6 Å². The van der Waals surface area contributed by atoms with Crippen molar-refractivity contribution in [3.8, 4) is 0 Å². The van der Waals surface area contributed by atoms with Crippen LogP contribution in [-0.4, -0.2) is 9.78 Å². The second-order valence-electron chi connectivity index (χ2n) is 4.12. The maximum atomic E-state index is 13.9. The fourth-order valence-corrected chi connectivity index (χ4v) is 2.25. The van der Waals surface area contributed by atoms with Crippen LogP contribution in [0.15, 0.2) is 34.9 Å². The van der Waals surface area contributed by atoms with Crippen LogP contribution in [-0.2, 0) is 6.54 Å². The lowest BCUT2D eigenvalue weighted by atomic mass is 10.0. The second kappa shape index (κ2) is 5.63. The first kappa shape index (κ1) is 13.2. The summed E-state index contributed by atoms with van der Waals surface area (Å²) in [5.41, 5.74) is 7.44. The van der Waals surface area contributed by atoms with E-state index >= 15 is 0 Å². The van der Waals surface area contributed by atoms with E-state index in [0.717, 1.165) is 18.7 Å². The third-order valence-corrected chi connectivity index (χ3v) is 3.29. The zero-order valence-electron chi connectivity index (χ0n) is 10.1. The maximum Gasteiger partial charge on any atom is 0.129 e. The molecule has 0 amide bonds. The van der Waals surface area contributed by atoms with Crippen molar-refractivity contribution in [2.75, 3.05) is 0 Å². The zero-order valence-corrected chi connectivity index (χ0v) is 11.7. The molecule has 2 aromatic rings. The average molecular weight is 312 g/mol. The average Bonchev–Trinajstić information content (AvgIpc) is 2.77. The van der Waals surface area contributed by atoms with E-state index in [1.165, 1.54) is 6.07 Å². The van der Waals surface area contributed by atoms with Gasteiger partial charge in [-0.2, -0.15) is 5.10 Å². The Kier molecular flexibility index (Phi) is 4.14. The Hall–Kier alpha value is -1.20. The summed E-state index contributed by atoms with van der Waals surface area (Å²) in [5, 5.41) is 4.20. The number of nitrogens with two attached hydrogens (primary N) is 1. The van der Waals surface area contributed by atoms with Crippen molar-refractivity contribution in [2.45, 2.75) is 25.9 Å². The first-order valence-corrected chi connectivity index (χ1v) is 6.65. The molecule has 0 aliphatic carbocycles. The summed E-state index contributed by atoms with van der Waals surface area (Å²) in [6, 6.07) is 6.26. The summed E-state index contributed by atoms with van der Waals surface area (Å²) < 4.78 is 16.4. The van der Waals surface area contributed by atoms with Gasteiger partial charge in [-0.1, -0.05) is 28.9 Å². The van der Waals surface area contributed by atoms with Gasteiger partial charge < -0.3 is 5.73 Å². The van der Waals surface area contributed by atoms with Crippen molar-refractivity contribution in [3.63, 3.8) is 0 Å². The number of rotatable bonds is 4. The van der Waals surface area contributed by atoms with Gasteiger partial charge in [0.2, 0.25) is 0 Å². The van der Waals surface area contributed by atoms with E-state index in [0.29, 0.717) is 10.0 Å². The summed E-state index contributed by atoms with van der Waals surface area (Å²) in [4.78, 5) is 0. The molecule has 1 aromatic carbocycles. The fourth-order valence-electron chi connectivity index (χ4n) is 1.92. The van der Waals surface area contributed by atoms with E-state index in [9.17, 15) is 4.39 Å². The summed E-state index contributed by atoms with van der Waals surface area (Å²) in [5.74, 6) is -0.305. The minimum Gasteiger partial charge on any atom is -0.319 e. The molecule has 0 radical (unpaired) electrons. The van der Waals surface area contributed by atoms with Crippen LogP contribution in [0.5, 0.6) is 0 Å². The van der Waals surface area contributed by atoms with Crippen LogP contribution in [0.4, 0.5) is 4.39 Å². The van der Waals surface area contributed by atoms with Gasteiger partial charge in [-0.3, -0.25) is 4.68 Å². The number of hydrogen-bond donors (Lipinski definition) is 1. The number of aromatic nitrogens is 2. The van der Waals surface area contributed by atoms with E-state index in [-0.39, 0.29) is 5.82 Å². The van der Waals surface area contributed by atoms with Crippen LogP contribution >= 0.6 is 15.9 Å². The van der Waals surface area contributed by atoms with E-state index < -0.39 is 6.04 Å². The Bertz CT molecular complexity index is 539. The van der Waals surface area contributed by atoms with E-state index in [1.807, 2.05) is 10.7 Å². The Morgan fingerprint density at radius 2 is 2.22 bits per heavy atom. The fraction of sp³-hybridized carbons (Fsp3) is 0.308. The van der Waals surface area contributed by atoms with Gasteiger partial charge in [-0.15, -0.1) is 0 Å². The molecule has 1 heterocycles. The lowest BCUT2D eigenvalue weighted by molar-refractivity contribution is 0.544. The monoisotopic (exact) mass is 311 g/mol. The molecule has 1 atom stereocenters. The molecule has 0 saturated carbocycles. The predicted octanol–water partition coefficient (Wildman–Crippen LogP) is 3.24. The van der Waals surface area contributed by atoms with Gasteiger partial charge in [0.1, 0.15) is 5.82 Å². The topological polar surface area (TPSA) is 43.8 Å². The molecule has 0 aliphatic heterocycles. The minimum absolute atomic E-state index is 0.305. The summed E-state index contributed by atoms with van der Waals surface area (Å²) in [6.07, 6.45) is 2.66. The van der Waals surface area contributed by atoms with Crippen LogP contribution in [0, 0.1) is 5.82 Å². The molecular weight excluding hydrogens is 297 g/mol. The molecule has 0 spiro atoms. The lowest BCUT2D eigenvalue weighted by Gasteiger charge is -2.15. The predicted molar refractivity (Wildman–Crippen MR) is 72.6 cm³/mol. The highest BCUT2D eigenvalue weighted by Crippen LogP contribution is 2.24. The van der Waals surface area contributed by atoms with Gasteiger partial charge in [0.25, 0.3) is 0 Å². The number of aryl methyl sites for hydroxylation is 1. The summed E-state index contributed by atoms with van der Waals surface area (Å²) >= 11 is 3.24. The highest BCUT2D eigenvalue weighted by Gasteiger charge is 2.17. The van der Waals surface area contributed by atoms with Gasteiger partial charge in [0, 0.05) is 22.8 Å². The van der Waals surface area contributed by atoms with Crippen molar-refractivity contribution >= 4 is 15.9 Å². The third-order valence-electron chi connectivity index (χ3n) is 2.80. The minimum atomic E-state index is -0.493. The van der Waals surface area contributed by atoms with Crippen LogP contribution in [0.25, 0.3) is 0 Å². The van der Waals surface area contributed by atoms with Crippen molar-refractivity contribution in [1.82, 2.24) is 9.78 Å². The summed E-state index contributed by atoms with van der Waals surface area (Å²) in [6.45, 7) is 2.85. The van der Waals surface area contributed by atoms with Crippen molar-refractivity contribution in [1.29, 1.82) is 0 Å². The molecule has 0 bridgehead atoms. The highest BCUT2D eigenvalue weighted by molar-refractivity contribution is 9.10. The van der Waals surface area contributed by atoms with Gasteiger partial charge in [0.05, 0.1) is 11.7 Å². The Balaban J connectivity index is 2.35. The Morgan fingerprint density at radius 3 is 2.89 bits per heavy atom. The van der Waals surface area contributed by atoms with E-state index in [2.05, 4.69) is 28.0 Å². The standard InChI is InChI=1S/C13H15BrFN3/c1-2-7-18-12(5-6-17-18)13(16)10-4-3-9(14)8-11(10)15/h3-6,8,13H,2,7,16H2,1H3. The van der Waals surface area contributed by atoms with Crippen molar-refractivity contribution in [3.05, 3.63) is 52.0 Å². The second-order valence-corrected chi connectivity index (χ2v) is 5.04. The molecule has 0 aliphatic rings. The van der Waals surface area contributed by atoms with Gasteiger partial charge >= 0.3 is 0 Å². The zero-order chi connectivity index (χ0) is 13.1. The number of halogens is 2. The molecule has 2 N–H and O–H groups in total. The first-order chi connectivity index (χ1) is 8.63. The molecule has 3 nitrogen and oxygen atoms in total. The van der Waals surface area contributed by atoms with Gasteiger partial charge in [-0.25, -0.2) is 4.39 Å². The molecular formula is C13H15BrFN3. The normalized spacial score (nSPS) is 12.7. The quantitative estimate of drug-likeness (QED) is 0.942. The van der Waals surface area contributed by atoms with Crippen LogP contribution in [0.3, 0.4) is 0 Å². The Labute approximate surface area is 114 Å². The smallest absolute Gasteiger partial charge is 0.129 e. The van der Waals surface area contributed by atoms with Gasteiger partial charge in [-0.05, 0) is 24.6 Å². The van der Waals surface area contributed by atoms with Crippen molar-refractivity contribution < 1.29 is 4.39 Å². The number of hydrogen-bond acceptors (Lipinski definition) is 2. The van der Waals surface area contributed by atoms with Crippen LogP contribution < -0.4 is 5.73 Å². The lowest BCUT2D eigenvalue weighted by Crippen LogP contribution is -2.18. The first-order valence-electron chi connectivity index (χ1n) is 5.85. The number of benzene rings is 1. The molecule has 1 unspecified atom stereocenters. The third kappa shape index (κ3) is 2.62. The van der Waals surface area contributed by atoms with Crippen molar-refractivity contribution in [2.24, 2.45) is 5.73 Å². The molecule has 1 aromatic heterocycles. The maximum absolute atomic E-state index is 13.9. The molecule has 96 valence electrons. The van der Waals surface area contributed by atoms with E-state index in [4.69, 9.17) is 5.73 Å². The SMILES string of the molecule is CCCn1nccc1C(N)c1ccc(Br)cc1F. The summed E-state index contributed by atoms with van der Waals surface area (Å²) in [7, 11) is 0. The van der Waals surface area contributed by atoms with Gasteiger partial charge in [0.15, 0.2) is 0 Å². The Morgan fingerprint density at radius 1 is 1.44 bits per heavy atom. The highest BCUT2D eigenvalue weighted by atomic mass is 79.9. The largest absolute Gasteiger partial charge is 0.319 e. The molecule has 18 heavy (non-hydrogen) atoms.